The molecule has 0 aromatic heterocycles. The van der Waals surface area contributed by atoms with E-state index in [2.05, 4.69) is 24.1 Å². The fraction of sp³-hybridized carbons (Fsp3) is 0.619. The van der Waals surface area contributed by atoms with E-state index in [0.717, 1.165) is 37.3 Å². The Morgan fingerprint density at radius 2 is 1.50 bits per heavy atom. The molecular formula is C21H33N3O2. The van der Waals surface area contributed by atoms with Crippen LogP contribution >= 0.6 is 0 Å². The van der Waals surface area contributed by atoms with Gasteiger partial charge < -0.3 is 15.1 Å². The highest BCUT2D eigenvalue weighted by atomic mass is 16.2. The average molecular weight is 360 g/mol. The molecule has 0 atom stereocenters. The molecule has 0 spiro atoms. The lowest BCUT2D eigenvalue weighted by atomic mass is 10.1. The van der Waals surface area contributed by atoms with Crippen LogP contribution in [0.25, 0.3) is 0 Å². The zero-order valence-corrected chi connectivity index (χ0v) is 16.5. The van der Waals surface area contributed by atoms with Gasteiger partial charge in [0.2, 0.25) is 11.8 Å². The van der Waals surface area contributed by atoms with Crippen molar-refractivity contribution in [2.24, 2.45) is 0 Å². The second-order valence-corrected chi connectivity index (χ2v) is 7.05. The first-order chi connectivity index (χ1) is 12.5. The third kappa shape index (κ3) is 5.75. The molecule has 1 fully saturated rings. The van der Waals surface area contributed by atoms with Crippen LogP contribution < -0.4 is 15.1 Å². The molecule has 1 aromatic rings. The van der Waals surface area contributed by atoms with Gasteiger partial charge in [0.05, 0.1) is 0 Å². The average Bonchev–Trinajstić information content (AvgIpc) is 2.90. The minimum atomic E-state index is -0.114. The van der Waals surface area contributed by atoms with Crippen molar-refractivity contribution < 1.29 is 9.59 Å². The minimum Gasteiger partial charge on any atom is -0.372 e. The molecule has 5 heteroatoms. The Kier molecular flexibility index (Phi) is 7.95. The summed E-state index contributed by atoms with van der Waals surface area (Å²) in [5.74, 6) is -0.184. The predicted molar refractivity (Wildman–Crippen MR) is 108 cm³/mol. The maximum atomic E-state index is 12.5. The summed E-state index contributed by atoms with van der Waals surface area (Å²) in [4.78, 5) is 28.4. The molecule has 0 radical (unpaired) electrons. The van der Waals surface area contributed by atoms with Crippen LogP contribution in [0, 0.1) is 0 Å². The van der Waals surface area contributed by atoms with Gasteiger partial charge in [-0.25, -0.2) is 0 Å². The summed E-state index contributed by atoms with van der Waals surface area (Å²) in [6.07, 6.45) is 6.95. The SMILES string of the molecule is CCN(CC)c1ccc(N(CC(=O)NC2CCCCCC2)C(C)=O)cc1. The monoisotopic (exact) mass is 359 g/mol. The van der Waals surface area contributed by atoms with Crippen molar-refractivity contribution in [1.82, 2.24) is 5.32 Å². The van der Waals surface area contributed by atoms with Gasteiger partial charge in [0.1, 0.15) is 6.54 Å². The molecular weight excluding hydrogens is 326 g/mol. The Morgan fingerprint density at radius 1 is 0.962 bits per heavy atom. The van der Waals surface area contributed by atoms with Gasteiger partial charge in [-0.3, -0.25) is 9.59 Å². The summed E-state index contributed by atoms with van der Waals surface area (Å²) < 4.78 is 0. The van der Waals surface area contributed by atoms with Crippen LogP contribution in [-0.4, -0.2) is 37.5 Å². The smallest absolute Gasteiger partial charge is 0.240 e. The first-order valence-corrected chi connectivity index (χ1v) is 9.97. The summed E-state index contributed by atoms with van der Waals surface area (Å²) in [7, 11) is 0. The third-order valence-electron chi connectivity index (χ3n) is 5.19. The molecule has 26 heavy (non-hydrogen) atoms. The van der Waals surface area contributed by atoms with Crippen molar-refractivity contribution in [1.29, 1.82) is 0 Å². The highest BCUT2D eigenvalue weighted by molar-refractivity contribution is 5.97. The first kappa shape index (κ1) is 20.3. The predicted octanol–water partition coefficient (Wildman–Crippen LogP) is 3.72. The quantitative estimate of drug-likeness (QED) is 0.755. The number of amides is 2. The van der Waals surface area contributed by atoms with E-state index in [1.807, 2.05) is 24.3 Å². The molecule has 2 rings (SSSR count). The second-order valence-electron chi connectivity index (χ2n) is 7.05. The Morgan fingerprint density at radius 3 is 2.00 bits per heavy atom. The van der Waals surface area contributed by atoms with Crippen molar-refractivity contribution in [3.63, 3.8) is 0 Å². The number of rotatable bonds is 7. The fourth-order valence-corrected chi connectivity index (χ4v) is 3.66. The topological polar surface area (TPSA) is 52.6 Å². The number of nitrogens with one attached hydrogen (secondary N) is 1. The lowest BCUT2D eigenvalue weighted by molar-refractivity contribution is -0.123. The van der Waals surface area contributed by atoms with Gasteiger partial charge in [0, 0.05) is 37.4 Å². The number of nitrogens with zero attached hydrogens (tertiary/aromatic N) is 2. The van der Waals surface area contributed by atoms with Crippen molar-refractivity contribution in [3.05, 3.63) is 24.3 Å². The van der Waals surface area contributed by atoms with E-state index in [9.17, 15) is 9.59 Å². The number of benzene rings is 1. The number of anilines is 2. The highest BCUT2D eigenvalue weighted by Crippen LogP contribution is 2.21. The second kappa shape index (κ2) is 10.2. The van der Waals surface area contributed by atoms with Gasteiger partial charge in [-0.2, -0.15) is 0 Å². The van der Waals surface area contributed by atoms with E-state index in [1.54, 1.807) is 4.90 Å². The molecule has 0 heterocycles. The Balaban J connectivity index is 2.01. The standard InChI is InChI=1S/C21H33N3O2/c1-4-23(5-2)19-12-14-20(15-13-19)24(17(3)25)16-21(26)22-18-10-8-6-7-9-11-18/h12-15,18H,4-11,16H2,1-3H3,(H,22,26). The number of hydrogen-bond donors (Lipinski definition) is 1. The first-order valence-electron chi connectivity index (χ1n) is 9.97. The Bertz CT molecular complexity index is 573. The van der Waals surface area contributed by atoms with E-state index >= 15 is 0 Å². The zero-order valence-electron chi connectivity index (χ0n) is 16.5. The van der Waals surface area contributed by atoms with Gasteiger partial charge in [-0.05, 0) is 51.0 Å². The molecule has 144 valence electrons. The molecule has 0 unspecified atom stereocenters. The van der Waals surface area contributed by atoms with E-state index < -0.39 is 0 Å². The molecule has 0 bridgehead atoms. The molecule has 1 aliphatic carbocycles. The van der Waals surface area contributed by atoms with E-state index in [0.29, 0.717) is 0 Å². The molecule has 1 aliphatic rings. The van der Waals surface area contributed by atoms with Crippen molar-refractivity contribution in [2.45, 2.75) is 65.3 Å². The van der Waals surface area contributed by atoms with Crippen molar-refractivity contribution in [3.8, 4) is 0 Å². The van der Waals surface area contributed by atoms with Crippen LogP contribution in [0.4, 0.5) is 11.4 Å². The molecule has 2 amide bonds. The molecule has 0 saturated heterocycles. The largest absolute Gasteiger partial charge is 0.372 e. The molecule has 1 N–H and O–H groups in total. The fourth-order valence-electron chi connectivity index (χ4n) is 3.66. The highest BCUT2D eigenvalue weighted by Gasteiger charge is 2.19. The Labute approximate surface area is 157 Å². The van der Waals surface area contributed by atoms with E-state index in [1.165, 1.54) is 32.6 Å². The van der Waals surface area contributed by atoms with E-state index in [-0.39, 0.29) is 24.4 Å². The Hall–Kier alpha value is -2.04. The van der Waals surface area contributed by atoms with Crippen LogP contribution in [0.3, 0.4) is 0 Å². The van der Waals surface area contributed by atoms with Crippen LogP contribution in [0.2, 0.25) is 0 Å². The maximum absolute atomic E-state index is 12.5. The van der Waals surface area contributed by atoms with E-state index in [4.69, 9.17) is 0 Å². The van der Waals surface area contributed by atoms with Crippen LogP contribution in [0.15, 0.2) is 24.3 Å². The number of hydrogen-bond acceptors (Lipinski definition) is 3. The van der Waals surface area contributed by atoms with Gasteiger partial charge in [0.25, 0.3) is 0 Å². The summed E-state index contributed by atoms with van der Waals surface area (Å²) in [6, 6.07) is 8.13. The van der Waals surface area contributed by atoms with Gasteiger partial charge in [0.15, 0.2) is 0 Å². The minimum absolute atomic E-state index is 0.0695. The van der Waals surface area contributed by atoms with Crippen LogP contribution in [0.1, 0.15) is 59.3 Å². The molecule has 5 nitrogen and oxygen atoms in total. The summed E-state index contributed by atoms with van der Waals surface area (Å²) >= 11 is 0. The number of carbonyl (C=O) groups is 2. The lowest BCUT2D eigenvalue weighted by Crippen LogP contribution is -2.43. The van der Waals surface area contributed by atoms with Crippen molar-refractivity contribution in [2.75, 3.05) is 29.4 Å². The third-order valence-corrected chi connectivity index (χ3v) is 5.19. The number of carbonyl (C=O) groups excluding carboxylic acids is 2. The summed E-state index contributed by atoms with van der Waals surface area (Å²) in [6.45, 7) is 7.72. The van der Waals surface area contributed by atoms with Crippen molar-refractivity contribution >= 4 is 23.2 Å². The zero-order chi connectivity index (χ0) is 18.9. The maximum Gasteiger partial charge on any atom is 0.240 e. The van der Waals surface area contributed by atoms with Crippen LogP contribution in [-0.2, 0) is 9.59 Å². The van der Waals surface area contributed by atoms with Crippen LogP contribution in [0.5, 0.6) is 0 Å². The van der Waals surface area contributed by atoms with Gasteiger partial charge in [-0.15, -0.1) is 0 Å². The van der Waals surface area contributed by atoms with Gasteiger partial charge >= 0.3 is 0 Å². The molecule has 0 aliphatic heterocycles. The molecule has 1 aromatic carbocycles. The lowest BCUT2D eigenvalue weighted by Gasteiger charge is -2.25. The molecule has 1 saturated carbocycles. The summed E-state index contributed by atoms with van der Waals surface area (Å²) in [5, 5.41) is 3.12. The van der Waals surface area contributed by atoms with Gasteiger partial charge in [-0.1, -0.05) is 25.7 Å². The normalized spacial score (nSPS) is 15.2. The summed E-state index contributed by atoms with van der Waals surface area (Å²) in [5.41, 5.74) is 1.90.